The molecule has 0 amide bonds. The zero-order valence-corrected chi connectivity index (χ0v) is 14.1. The number of thiophene rings is 2. The van der Waals surface area contributed by atoms with Gasteiger partial charge in [0.15, 0.2) is 0 Å². The molecule has 2 nitrogen and oxygen atoms in total. The Morgan fingerprint density at radius 1 is 1.20 bits per heavy atom. The number of hydrogen-bond acceptors (Lipinski definition) is 4. The summed E-state index contributed by atoms with van der Waals surface area (Å²) in [6, 6.07) is 8.30. The highest BCUT2D eigenvalue weighted by atomic mass is 79.9. The van der Waals surface area contributed by atoms with Crippen LogP contribution in [-0.2, 0) is 0 Å². The molecule has 0 saturated heterocycles. The first-order valence-electron chi connectivity index (χ1n) is 5.61. The number of rotatable bonds is 3. The molecule has 3 rings (SSSR count). The lowest BCUT2D eigenvalue weighted by Gasteiger charge is -1.91. The van der Waals surface area contributed by atoms with Crippen LogP contribution in [-0.4, -0.2) is 4.98 Å². The molecule has 3 heterocycles. The maximum absolute atomic E-state index is 7.28. The van der Waals surface area contributed by atoms with E-state index >= 15 is 0 Å². The number of nitrogens with zero attached hydrogens (tertiary/aromatic N) is 2. The Hall–Kier alpha value is -1.26. The average Bonchev–Trinajstić information content (AvgIpc) is 3.16. The van der Waals surface area contributed by atoms with E-state index in [-0.39, 0.29) is 0 Å². The van der Waals surface area contributed by atoms with E-state index in [1.165, 1.54) is 21.1 Å². The molecule has 0 aliphatic heterocycles. The highest BCUT2D eigenvalue weighted by molar-refractivity contribution is 9.11. The zero-order chi connectivity index (χ0) is 13.9. The van der Waals surface area contributed by atoms with E-state index in [4.69, 9.17) is 6.57 Å². The Balaban J connectivity index is 1.93. The molecule has 0 aliphatic rings. The van der Waals surface area contributed by atoms with E-state index in [2.05, 4.69) is 44.0 Å². The van der Waals surface area contributed by atoms with Gasteiger partial charge in [0.1, 0.15) is 5.01 Å². The maximum Gasteiger partial charge on any atom is 0.223 e. The van der Waals surface area contributed by atoms with E-state index in [0.29, 0.717) is 5.70 Å². The fourth-order valence-electron chi connectivity index (χ4n) is 1.64. The van der Waals surface area contributed by atoms with Crippen molar-refractivity contribution in [2.24, 2.45) is 0 Å². The van der Waals surface area contributed by atoms with Crippen molar-refractivity contribution >= 4 is 61.7 Å². The van der Waals surface area contributed by atoms with Crippen LogP contribution in [0.25, 0.3) is 26.4 Å². The normalized spacial score (nSPS) is 11.5. The van der Waals surface area contributed by atoms with E-state index in [1.807, 2.05) is 17.5 Å². The lowest BCUT2D eigenvalue weighted by atomic mass is 10.3. The van der Waals surface area contributed by atoms with Gasteiger partial charge in [0.25, 0.3) is 0 Å². The fraction of sp³-hybridized carbons (Fsp3) is 0. The fourth-order valence-corrected chi connectivity index (χ4v) is 4.66. The van der Waals surface area contributed by atoms with Crippen molar-refractivity contribution in [3.8, 4) is 9.75 Å². The molecule has 0 bridgehead atoms. The van der Waals surface area contributed by atoms with Crippen molar-refractivity contribution in [3.05, 3.63) is 60.9 Å². The van der Waals surface area contributed by atoms with E-state index < -0.39 is 0 Å². The van der Waals surface area contributed by atoms with Gasteiger partial charge in [0.2, 0.25) is 5.70 Å². The largest absolute Gasteiger partial charge is 0.257 e. The molecule has 20 heavy (non-hydrogen) atoms. The topological polar surface area (TPSA) is 17.2 Å². The smallest absolute Gasteiger partial charge is 0.223 e. The van der Waals surface area contributed by atoms with E-state index in [1.54, 1.807) is 28.9 Å². The molecule has 3 aromatic rings. The molecule has 0 radical (unpaired) electrons. The summed E-state index contributed by atoms with van der Waals surface area (Å²) >= 11 is 8.37. The number of aromatic nitrogens is 1. The molecule has 0 spiro atoms. The summed E-state index contributed by atoms with van der Waals surface area (Å²) in [5.41, 5.74) is 0.598. The Morgan fingerprint density at radius 2 is 2.00 bits per heavy atom. The second-order valence-corrected chi connectivity index (χ2v) is 8.26. The van der Waals surface area contributed by atoms with Crippen molar-refractivity contribution in [2.45, 2.75) is 0 Å². The molecule has 0 N–H and O–H groups in total. The first kappa shape index (κ1) is 13.7. The van der Waals surface area contributed by atoms with Crippen LogP contribution in [0, 0.1) is 6.57 Å². The third kappa shape index (κ3) is 2.91. The van der Waals surface area contributed by atoms with Crippen LogP contribution < -0.4 is 0 Å². The molecule has 0 aromatic carbocycles. The predicted molar refractivity (Wildman–Crippen MR) is 91.9 cm³/mol. The summed E-state index contributed by atoms with van der Waals surface area (Å²) in [6.45, 7) is 7.28. The van der Waals surface area contributed by atoms with Crippen LogP contribution in [0.2, 0.25) is 0 Å². The van der Waals surface area contributed by atoms with Crippen LogP contribution in [0.4, 0.5) is 0 Å². The SMILES string of the molecule is [C-]#[N+]/C(=C\c1ccc(-c2ccc(Br)s2)s1)c1nccs1. The molecule has 0 saturated carbocycles. The molecular formula is C14H7BrN2S3. The number of hydrogen-bond donors (Lipinski definition) is 0. The van der Waals surface area contributed by atoms with E-state index in [9.17, 15) is 0 Å². The Kier molecular flexibility index (Phi) is 4.13. The molecular weight excluding hydrogens is 372 g/mol. The van der Waals surface area contributed by atoms with Gasteiger partial charge in [-0.15, -0.1) is 34.0 Å². The van der Waals surface area contributed by atoms with E-state index in [0.717, 1.165) is 13.7 Å². The monoisotopic (exact) mass is 378 g/mol. The quantitative estimate of drug-likeness (QED) is 0.502. The molecule has 98 valence electrons. The summed E-state index contributed by atoms with van der Waals surface area (Å²) in [5, 5.41) is 2.66. The van der Waals surface area contributed by atoms with Gasteiger partial charge in [0.05, 0.1) is 10.4 Å². The van der Waals surface area contributed by atoms with Gasteiger partial charge < -0.3 is 0 Å². The molecule has 0 unspecified atom stereocenters. The van der Waals surface area contributed by atoms with Crippen molar-refractivity contribution in [2.75, 3.05) is 0 Å². The molecule has 3 aromatic heterocycles. The van der Waals surface area contributed by atoms with Gasteiger partial charge >= 0.3 is 0 Å². The first-order valence-corrected chi connectivity index (χ1v) is 8.91. The Labute approximate surface area is 137 Å². The van der Waals surface area contributed by atoms with Gasteiger partial charge in [-0.2, -0.15) is 0 Å². The lowest BCUT2D eigenvalue weighted by molar-refractivity contribution is 1.38. The summed E-state index contributed by atoms with van der Waals surface area (Å²) in [6.07, 6.45) is 3.63. The van der Waals surface area contributed by atoms with Crippen molar-refractivity contribution in [3.63, 3.8) is 0 Å². The summed E-state index contributed by atoms with van der Waals surface area (Å²) in [7, 11) is 0. The first-order chi connectivity index (χ1) is 9.76. The highest BCUT2D eigenvalue weighted by Gasteiger charge is 2.08. The summed E-state index contributed by atoms with van der Waals surface area (Å²) in [5.74, 6) is 0. The molecule has 6 heteroatoms. The van der Waals surface area contributed by atoms with Gasteiger partial charge in [-0.05, 0) is 46.3 Å². The van der Waals surface area contributed by atoms with Crippen LogP contribution >= 0.6 is 49.9 Å². The van der Waals surface area contributed by atoms with Crippen LogP contribution in [0.5, 0.6) is 0 Å². The second kappa shape index (κ2) is 6.02. The minimum atomic E-state index is 0.598. The number of thiazole rings is 1. The van der Waals surface area contributed by atoms with Crippen molar-refractivity contribution < 1.29 is 0 Å². The Bertz CT molecular complexity index is 791. The maximum atomic E-state index is 7.28. The average molecular weight is 379 g/mol. The molecule has 0 atom stereocenters. The standard InChI is InChI=1S/C14H7BrN2S3/c1-16-10(14-17-6-7-18-14)8-9-2-3-11(19-9)12-4-5-13(15)20-12/h2-8H/b10-8-. The van der Waals surface area contributed by atoms with Crippen LogP contribution in [0.1, 0.15) is 9.88 Å². The minimum Gasteiger partial charge on any atom is -0.257 e. The zero-order valence-electron chi connectivity index (χ0n) is 10.0. The Morgan fingerprint density at radius 3 is 2.65 bits per heavy atom. The van der Waals surface area contributed by atoms with Gasteiger partial charge in [-0.25, -0.2) is 4.85 Å². The predicted octanol–water partition coefficient (Wildman–Crippen LogP) is 6.11. The lowest BCUT2D eigenvalue weighted by Crippen LogP contribution is -1.74. The molecule has 0 aliphatic carbocycles. The number of halogens is 1. The third-order valence-corrected chi connectivity index (χ3v) is 6.14. The van der Waals surface area contributed by atoms with Crippen LogP contribution in [0.3, 0.4) is 0 Å². The van der Waals surface area contributed by atoms with Crippen molar-refractivity contribution in [1.29, 1.82) is 0 Å². The summed E-state index contributed by atoms with van der Waals surface area (Å²) < 4.78 is 1.13. The van der Waals surface area contributed by atoms with Crippen LogP contribution in [0.15, 0.2) is 39.6 Å². The van der Waals surface area contributed by atoms with Gasteiger partial charge in [-0.3, -0.25) is 4.98 Å². The molecule has 0 fully saturated rings. The van der Waals surface area contributed by atoms with Crippen molar-refractivity contribution in [1.82, 2.24) is 4.98 Å². The minimum absolute atomic E-state index is 0.598. The van der Waals surface area contributed by atoms with Gasteiger partial charge in [0, 0.05) is 26.2 Å². The highest BCUT2D eigenvalue weighted by Crippen LogP contribution is 2.36. The summed E-state index contributed by atoms with van der Waals surface area (Å²) in [4.78, 5) is 11.3. The third-order valence-electron chi connectivity index (χ3n) is 2.49. The second-order valence-electron chi connectivity index (χ2n) is 3.78. The van der Waals surface area contributed by atoms with Gasteiger partial charge in [-0.1, -0.05) is 0 Å².